The standard InChI is InChI=1S/C23H28N2O3/c1-4-5-15-27-18(2)9-7-6-8-10-20-11-13-21(14-12-20)23-24-16-22(17-25-23)28-19(3)26/h11-14,16-18H,4-7,9,15H2,1-3H3. The Balaban J connectivity index is 1.80. The zero-order valence-corrected chi connectivity index (χ0v) is 16.9. The van der Waals surface area contributed by atoms with E-state index in [1.807, 2.05) is 24.3 Å². The van der Waals surface area contributed by atoms with Gasteiger partial charge in [0.05, 0.1) is 18.5 Å². The van der Waals surface area contributed by atoms with E-state index in [0.29, 0.717) is 17.7 Å². The second-order valence-corrected chi connectivity index (χ2v) is 6.64. The second-order valence-electron chi connectivity index (χ2n) is 6.64. The molecule has 1 unspecified atom stereocenters. The van der Waals surface area contributed by atoms with Crippen LogP contribution < -0.4 is 4.74 Å². The lowest BCUT2D eigenvalue weighted by Gasteiger charge is -2.11. The lowest BCUT2D eigenvalue weighted by atomic mass is 10.1. The summed E-state index contributed by atoms with van der Waals surface area (Å²) in [6.07, 6.45) is 8.53. The molecule has 0 fully saturated rings. The third kappa shape index (κ3) is 7.89. The number of carbonyl (C=O) groups excluding carboxylic acids is 1. The molecule has 0 bridgehead atoms. The molecule has 5 nitrogen and oxygen atoms in total. The number of aromatic nitrogens is 2. The van der Waals surface area contributed by atoms with Crippen LogP contribution in [0.25, 0.3) is 11.4 Å². The fourth-order valence-corrected chi connectivity index (χ4v) is 2.54. The van der Waals surface area contributed by atoms with Crippen LogP contribution in [0.15, 0.2) is 36.7 Å². The highest BCUT2D eigenvalue weighted by Gasteiger charge is 2.04. The summed E-state index contributed by atoms with van der Waals surface area (Å²) in [4.78, 5) is 19.4. The molecule has 0 spiro atoms. The molecule has 0 saturated heterocycles. The van der Waals surface area contributed by atoms with Gasteiger partial charge in [0, 0.05) is 31.1 Å². The van der Waals surface area contributed by atoms with Crippen molar-refractivity contribution in [2.45, 2.75) is 59.0 Å². The first-order valence-electron chi connectivity index (χ1n) is 9.80. The van der Waals surface area contributed by atoms with E-state index in [4.69, 9.17) is 9.47 Å². The summed E-state index contributed by atoms with van der Waals surface area (Å²) in [5.41, 5.74) is 1.85. The summed E-state index contributed by atoms with van der Waals surface area (Å²) in [6, 6.07) is 7.80. The average Bonchev–Trinajstić information content (AvgIpc) is 2.69. The van der Waals surface area contributed by atoms with Gasteiger partial charge in [0.2, 0.25) is 0 Å². The molecule has 1 atom stereocenters. The Labute approximate surface area is 167 Å². The van der Waals surface area contributed by atoms with Crippen LogP contribution in [0.2, 0.25) is 0 Å². The largest absolute Gasteiger partial charge is 0.423 e. The maximum atomic E-state index is 10.9. The lowest BCUT2D eigenvalue weighted by Crippen LogP contribution is -2.08. The maximum absolute atomic E-state index is 10.9. The highest BCUT2D eigenvalue weighted by Crippen LogP contribution is 2.17. The molecule has 0 aliphatic heterocycles. The molecule has 5 heteroatoms. The monoisotopic (exact) mass is 380 g/mol. The molecule has 0 saturated carbocycles. The van der Waals surface area contributed by atoms with E-state index in [9.17, 15) is 4.79 Å². The Kier molecular flexibility index (Phi) is 9.17. The molecule has 0 N–H and O–H groups in total. The van der Waals surface area contributed by atoms with Crippen molar-refractivity contribution >= 4 is 5.97 Å². The first-order valence-corrected chi connectivity index (χ1v) is 9.80. The van der Waals surface area contributed by atoms with E-state index in [1.165, 1.54) is 25.7 Å². The van der Waals surface area contributed by atoms with E-state index >= 15 is 0 Å². The van der Waals surface area contributed by atoms with Crippen LogP contribution in [0.5, 0.6) is 5.75 Å². The lowest BCUT2D eigenvalue weighted by molar-refractivity contribution is -0.131. The van der Waals surface area contributed by atoms with E-state index in [-0.39, 0.29) is 0 Å². The Morgan fingerprint density at radius 1 is 1.14 bits per heavy atom. The van der Waals surface area contributed by atoms with Crippen molar-refractivity contribution < 1.29 is 14.3 Å². The Morgan fingerprint density at radius 3 is 2.50 bits per heavy atom. The summed E-state index contributed by atoms with van der Waals surface area (Å²) >= 11 is 0. The number of unbranched alkanes of at least 4 members (excludes halogenated alkanes) is 2. The summed E-state index contributed by atoms with van der Waals surface area (Å²) in [5.74, 6) is 6.94. The molecular formula is C23H28N2O3. The molecule has 0 aliphatic rings. The predicted octanol–water partition coefficient (Wildman–Crippen LogP) is 4.80. The highest BCUT2D eigenvalue weighted by atomic mass is 16.5. The van der Waals surface area contributed by atoms with Gasteiger partial charge in [-0.05, 0) is 50.5 Å². The maximum Gasteiger partial charge on any atom is 0.308 e. The molecule has 1 aromatic heterocycles. The van der Waals surface area contributed by atoms with Gasteiger partial charge in [0.25, 0.3) is 0 Å². The average molecular weight is 380 g/mol. The number of ether oxygens (including phenoxy) is 2. The zero-order chi connectivity index (χ0) is 20.2. The molecule has 1 heterocycles. The number of hydrogen-bond donors (Lipinski definition) is 0. The number of nitrogens with zero attached hydrogens (tertiary/aromatic N) is 2. The SMILES string of the molecule is CCCCOC(C)CCCC#Cc1ccc(-c2ncc(OC(C)=O)cn2)cc1. The van der Waals surface area contributed by atoms with Crippen LogP contribution in [-0.4, -0.2) is 28.6 Å². The minimum Gasteiger partial charge on any atom is -0.423 e. The van der Waals surface area contributed by atoms with Crippen molar-refractivity contribution in [3.05, 3.63) is 42.2 Å². The van der Waals surface area contributed by atoms with Crippen LogP contribution >= 0.6 is 0 Å². The minimum absolute atomic E-state index is 0.305. The van der Waals surface area contributed by atoms with E-state index < -0.39 is 5.97 Å². The molecule has 0 amide bonds. The van der Waals surface area contributed by atoms with Gasteiger partial charge in [0.1, 0.15) is 0 Å². The molecule has 0 aliphatic carbocycles. The van der Waals surface area contributed by atoms with Crippen LogP contribution in [0, 0.1) is 11.8 Å². The van der Waals surface area contributed by atoms with Crippen molar-refractivity contribution in [2.75, 3.05) is 6.61 Å². The van der Waals surface area contributed by atoms with E-state index in [2.05, 4.69) is 35.7 Å². The van der Waals surface area contributed by atoms with Gasteiger partial charge in [-0.2, -0.15) is 0 Å². The van der Waals surface area contributed by atoms with Gasteiger partial charge < -0.3 is 9.47 Å². The van der Waals surface area contributed by atoms with Crippen LogP contribution in [0.1, 0.15) is 58.4 Å². The predicted molar refractivity (Wildman–Crippen MR) is 110 cm³/mol. The minimum atomic E-state index is -0.391. The Morgan fingerprint density at radius 2 is 1.86 bits per heavy atom. The summed E-state index contributed by atoms with van der Waals surface area (Å²) in [7, 11) is 0. The van der Waals surface area contributed by atoms with Crippen LogP contribution in [0.4, 0.5) is 0 Å². The van der Waals surface area contributed by atoms with Crippen molar-refractivity contribution in [1.29, 1.82) is 0 Å². The molecule has 0 radical (unpaired) electrons. The summed E-state index contributed by atoms with van der Waals surface area (Å²) < 4.78 is 10.7. The van der Waals surface area contributed by atoms with Crippen molar-refractivity contribution in [1.82, 2.24) is 9.97 Å². The Bertz CT molecular complexity index is 789. The summed E-state index contributed by atoms with van der Waals surface area (Å²) in [5, 5.41) is 0. The quantitative estimate of drug-likeness (QED) is 0.355. The second kappa shape index (κ2) is 11.9. The topological polar surface area (TPSA) is 61.3 Å². The number of esters is 1. The van der Waals surface area contributed by atoms with Crippen LogP contribution in [0.3, 0.4) is 0 Å². The van der Waals surface area contributed by atoms with Gasteiger partial charge in [-0.15, -0.1) is 0 Å². The van der Waals surface area contributed by atoms with Crippen molar-refractivity contribution in [3.63, 3.8) is 0 Å². The third-order valence-electron chi connectivity index (χ3n) is 4.08. The molecule has 148 valence electrons. The number of carbonyl (C=O) groups is 1. The number of benzene rings is 1. The highest BCUT2D eigenvalue weighted by molar-refractivity contribution is 5.69. The Hall–Kier alpha value is -2.71. The normalized spacial score (nSPS) is 11.4. The van der Waals surface area contributed by atoms with Gasteiger partial charge >= 0.3 is 5.97 Å². The molecular weight excluding hydrogens is 352 g/mol. The van der Waals surface area contributed by atoms with Gasteiger partial charge in [-0.25, -0.2) is 9.97 Å². The van der Waals surface area contributed by atoms with Crippen LogP contribution in [-0.2, 0) is 9.53 Å². The third-order valence-corrected chi connectivity index (χ3v) is 4.08. The van der Waals surface area contributed by atoms with Gasteiger partial charge in [0.15, 0.2) is 11.6 Å². The number of hydrogen-bond acceptors (Lipinski definition) is 5. The summed E-state index contributed by atoms with van der Waals surface area (Å²) in [6.45, 7) is 6.49. The van der Waals surface area contributed by atoms with E-state index in [1.54, 1.807) is 0 Å². The molecule has 1 aromatic carbocycles. The van der Waals surface area contributed by atoms with Crippen molar-refractivity contribution in [2.24, 2.45) is 0 Å². The molecule has 2 aromatic rings. The number of rotatable bonds is 9. The first-order chi connectivity index (χ1) is 13.6. The van der Waals surface area contributed by atoms with Gasteiger partial charge in [-0.3, -0.25) is 4.79 Å². The fourth-order valence-electron chi connectivity index (χ4n) is 2.54. The fraction of sp³-hybridized carbons (Fsp3) is 0.435. The molecule has 28 heavy (non-hydrogen) atoms. The zero-order valence-electron chi connectivity index (χ0n) is 16.9. The molecule has 2 rings (SSSR count). The van der Waals surface area contributed by atoms with E-state index in [0.717, 1.165) is 43.4 Å². The smallest absolute Gasteiger partial charge is 0.308 e. The van der Waals surface area contributed by atoms with Crippen molar-refractivity contribution in [3.8, 4) is 29.0 Å². The first kappa shape index (κ1) is 21.6. The van der Waals surface area contributed by atoms with Gasteiger partial charge in [-0.1, -0.05) is 25.2 Å².